The maximum Gasteiger partial charge on any atom is 0.242 e. The summed E-state index contributed by atoms with van der Waals surface area (Å²) in [5.74, 6) is 1.90. The molecule has 0 saturated carbocycles. The number of nitrogens with zero attached hydrogens (tertiary/aromatic N) is 2. The lowest BCUT2D eigenvalue weighted by Gasteiger charge is -2.17. The zero-order valence-corrected chi connectivity index (χ0v) is 17.0. The highest BCUT2D eigenvalue weighted by Gasteiger charge is 2.34. The number of aliphatic hydroxyl groups is 1. The van der Waals surface area contributed by atoms with Crippen LogP contribution >= 0.6 is 0 Å². The molecule has 2 aromatic rings. The standard InChI is InChI=1S/C21H21N3O4S/c1-4-18(25)17-8-7-16-20(29(27,28)23-17)12-24(3)21(16)19(26)10-14-6-5-13(2)15(9-14)11-22/h1,5-6,9,12,17-18,23,25H,7-8,10H2,2-3H3/t17-,18+/m1/s1. The number of nitrogens with one attached hydrogen (secondary N) is 1. The normalized spacial score (nSPS) is 18.7. The number of hydrogen-bond acceptors (Lipinski definition) is 5. The predicted octanol–water partition coefficient (Wildman–Crippen LogP) is 1.22. The second-order valence-electron chi connectivity index (χ2n) is 7.17. The van der Waals surface area contributed by atoms with Crippen LogP contribution in [0.2, 0.25) is 0 Å². The van der Waals surface area contributed by atoms with E-state index in [-0.39, 0.29) is 29.9 Å². The molecule has 2 atom stereocenters. The van der Waals surface area contributed by atoms with Crippen molar-refractivity contribution in [3.63, 3.8) is 0 Å². The Bertz CT molecular complexity index is 1170. The molecule has 0 amide bonds. The van der Waals surface area contributed by atoms with Gasteiger partial charge in [0.1, 0.15) is 11.0 Å². The predicted molar refractivity (Wildman–Crippen MR) is 107 cm³/mol. The van der Waals surface area contributed by atoms with Crippen LogP contribution in [0.15, 0.2) is 29.3 Å². The number of fused-ring (bicyclic) bond motifs is 1. The molecule has 8 heteroatoms. The third kappa shape index (κ3) is 3.96. The van der Waals surface area contributed by atoms with Crippen molar-refractivity contribution in [2.75, 3.05) is 0 Å². The second kappa shape index (κ2) is 7.84. The van der Waals surface area contributed by atoms with Gasteiger partial charge in [0.15, 0.2) is 5.78 Å². The number of aromatic nitrogens is 1. The summed E-state index contributed by atoms with van der Waals surface area (Å²) in [6, 6.07) is 6.53. The third-order valence-electron chi connectivity index (χ3n) is 5.15. The summed E-state index contributed by atoms with van der Waals surface area (Å²) in [5, 5.41) is 19.1. The van der Waals surface area contributed by atoms with Gasteiger partial charge in [-0.05, 0) is 37.0 Å². The van der Waals surface area contributed by atoms with Gasteiger partial charge in [-0.15, -0.1) is 6.42 Å². The van der Waals surface area contributed by atoms with Crippen molar-refractivity contribution in [3.8, 4) is 18.4 Å². The first-order valence-corrected chi connectivity index (χ1v) is 10.5. The molecular formula is C21H21N3O4S. The van der Waals surface area contributed by atoms with E-state index in [1.807, 2.05) is 6.92 Å². The number of sulfonamides is 1. The fourth-order valence-corrected chi connectivity index (χ4v) is 5.21. The summed E-state index contributed by atoms with van der Waals surface area (Å²) < 4.78 is 29.4. The molecule has 0 spiro atoms. The van der Waals surface area contributed by atoms with Gasteiger partial charge in [-0.1, -0.05) is 18.1 Å². The average Bonchev–Trinajstić information content (AvgIpc) is 2.96. The number of aryl methyl sites for hydroxylation is 2. The Morgan fingerprint density at radius 1 is 1.48 bits per heavy atom. The summed E-state index contributed by atoms with van der Waals surface area (Å²) in [6.45, 7) is 1.82. The van der Waals surface area contributed by atoms with Gasteiger partial charge < -0.3 is 9.67 Å². The number of aliphatic hydroxyl groups excluding tert-OH is 1. The zero-order valence-electron chi connectivity index (χ0n) is 16.1. The minimum Gasteiger partial charge on any atom is -0.379 e. The van der Waals surface area contributed by atoms with Crippen LogP contribution < -0.4 is 4.72 Å². The Hall–Kier alpha value is -2.91. The van der Waals surface area contributed by atoms with E-state index in [1.54, 1.807) is 25.2 Å². The van der Waals surface area contributed by atoms with E-state index in [2.05, 4.69) is 16.7 Å². The lowest BCUT2D eigenvalue weighted by molar-refractivity contribution is 0.0984. The molecule has 0 fully saturated rings. The number of rotatable bonds is 4. The quantitative estimate of drug-likeness (QED) is 0.580. The topological polar surface area (TPSA) is 112 Å². The highest BCUT2D eigenvalue weighted by atomic mass is 32.2. The fourth-order valence-electron chi connectivity index (χ4n) is 3.61. The number of terminal acetylenes is 1. The number of carbonyl (C=O) groups is 1. The van der Waals surface area contributed by atoms with Crippen molar-refractivity contribution in [2.45, 2.75) is 43.2 Å². The molecule has 1 aliphatic heterocycles. The third-order valence-corrected chi connectivity index (χ3v) is 6.70. The van der Waals surface area contributed by atoms with Crippen molar-refractivity contribution >= 4 is 15.8 Å². The van der Waals surface area contributed by atoms with Gasteiger partial charge in [-0.2, -0.15) is 5.26 Å². The monoisotopic (exact) mass is 411 g/mol. The molecule has 0 bridgehead atoms. The lowest BCUT2D eigenvalue weighted by atomic mass is 9.97. The van der Waals surface area contributed by atoms with Crippen LogP contribution in [0.1, 0.15) is 39.2 Å². The lowest BCUT2D eigenvalue weighted by Crippen LogP contribution is -2.41. The Kier molecular flexibility index (Phi) is 5.63. The molecule has 0 unspecified atom stereocenters. The van der Waals surface area contributed by atoms with Gasteiger partial charge in [0, 0.05) is 25.2 Å². The number of Topliss-reactive ketones (excluding diaryl/α,β-unsaturated/α-hetero) is 1. The second-order valence-corrected chi connectivity index (χ2v) is 8.85. The van der Waals surface area contributed by atoms with Crippen molar-refractivity contribution in [3.05, 3.63) is 52.3 Å². The van der Waals surface area contributed by atoms with Crippen LogP contribution in [0.5, 0.6) is 0 Å². The van der Waals surface area contributed by atoms with E-state index < -0.39 is 22.2 Å². The number of benzene rings is 1. The molecule has 3 rings (SSSR count). The fraction of sp³-hybridized carbons (Fsp3) is 0.333. The molecule has 7 nitrogen and oxygen atoms in total. The minimum atomic E-state index is -3.93. The van der Waals surface area contributed by atoms with Crippen molar-refractivity contribution in [1.29, 1.82) is 5.26 Å². The van der Waals surface area contributed by atoms with Crippen LogP contribution in [0, 0.1) is 30.6 Å². The van der Waals surface area contributed by atoms with E-state index in [1.165, 1.54) is 10.8 Å². The van der Waals surface area contributed by atoms with Crippen LogP contribution in [0.25, 0.3) is 0 Å². The summed E-state index contributed by atoms with van der Waals surface area (Å²) >= 11 is 0. The Morgan fingerprint density at radius 3 is 2.86 bits per heavy atom. The van der Waals surface area contributed by atoms with Gasteiger partial charge in [-0.3, -0.25) is 4.79 Å². The van der Waals surface area contributed by atoms with Gasteiger partial charge in [0.2, 0.25) is 10.0 Å². The molecule has 0 saturated heterocycles. The van der Waals surface area contributed by atoms with E-state index in [4.69, 9.17) is 6.42 Å². The molecule has 29 heavy (non-hydrogen) atoms. The Balaban J connectivity index is 1.97. The number of nitriles is 1. The molecule has 150 valence electrons. The summed E-state index contributed by atoms with van der Waals surface area (Å²) in [7, 11) is -2.30. The molecule has 2 heterocycles. The number of hydrogen-bond donors (Lipinski definition) is 2. The van der Waals surface area contributed by atoms with Gasteiger partial charge in [-0.25, -0.2) is 13.1 Å². The van der Waals surface area contributed by atoms with Crippen molar-refractivity contribution < 1.29 is 18.3 Å². The molecule has 1 aliphatic rings. The van der Waals surface area contributed by atoms with E-state index in [9.17, 15) is 23.6 Å². The highest BCUT2D eigenvalue weighted by Crippen LogP contribution is 2.29. The first kappa shape index (κ1) is 20.8. The smallest absolute Gasteiger partial charge is 0.242 e. The summed E-state index contributed by atoms with van der Waals surface area (Å²) in [6.07, 6.45) is 5.98. The SMILES string of the molecule is C#C[C@H](O)[C@H]1CCc2c(cn(C)c2C(=O)Cc2ccc(C)c(C#N)c2)S(=O)(=O)N1. The molecule has 0 aliphatic carbocycles. The van der Waals surface area contributed by atoms with Gasteiger partial charge in [0.25, 0.3) is 0 Å². The summed E-state index contributed by atoms with van der Waals surface area (Å²) in [5.41, 5.74) is 2.73. The molecule has 1 aromatic carbocycles. The van der Waals surface area contributed by atoms with Crippen molar-refractivity contribution in [2.24, 2.45) is 7.05 Å². The van der Waals surface area contributed by atoms with E-state index >= 15 is 0 Å². The Morgan fingerprint density at radius 2 is 2.21 bits per heavy atom. The molecular weight excluding hydrogens is 390 g/mol. The first-order chi connectivity index (χ1) is 13.7. The van der Waals surface area contributed by atoms with Crippen LogP contribution in [-0.2, 0) is 29.9 Å². The van der Waals surface area contributed by atoms with Gasteiger partial charge >= 0.3 is 0 Å². The highest BCUT2D eigenvalue weighted by molar-refractivity contribution is 7.89. The van der Waals surface area contributed by atoms with Crippen LogP contribution in [-0.4, -0.2) is 36.0 Å². The van der Waals surface area contributed by atoms with Crippen molar-refractivity contribution in [1.82, 2.24) is 9.29 Å². The first-order valence-electron chi connectivity index (χ1n) is 9.05. The van der Waals surface area contributed by atoms with Crippen LogP contribution in [0.3, 0.4) is 0 Å². The minimum absolute atomic E-state index is 0.0247. The number of carbonyl (C=O) groups excluding carboxylic acids is 1. The zero-order chi connectivity index (χ0) is 21.3. The number of ketones is 1. The van der Waals surface area contributed by atoms with E-state index in [0.29, 0.717) is 22.4 Å². The molecule has 0 radical (unpaired) electrons. The maximum absolute atomic E-state index is 13.0. The maximum atomic E-state index is 13.0. The van der Waals surface area contributed by atoms with Crippen LogP contribution in [0.4, 0.5) is 0 Å². The summed E-state index contributed by atoms with van der Waals surface area (Å²) in [4.78, 5) is 13.1. The van der Waals surface area contributed by atoms with Gasteiger partial charge in [0.05, 0.1) is 23.4 Å². The largest absolute Gasteiger partial charge is 0.379 e. The average molecular weight is 411 g/mol. The Labute approximate surface area is 170 Å². The van der Waals surface area contributed by atoms with E-state index in [0.717, 1.165) is 5.56 Å². The molecule has 2 N–H and O–H groups in total. The molecule has 1 aromatic heterocycles.